The first-order chi connectivity index (χ1) is 13.2. The second-order valence-electron chi connectivity index (χ2n) is 6.36. The molecule has 10 heteroatoms. The van der Waals surface area contributed by atoms with Crippen molar-refractivity contribution in [2.24, 2.45) is 5.92 Å². The van der Waals surface area contributed by atoms with Crippen LogP contribution in [0, 0.1) is 23.0 Å². The van der Waals surface area contributed by atoms with Crippen LogP contribution in [0.25, 0.3) is 5.69 Å². The molecule has 0 aliphatic carbocycles. The molecule has 2 rings (SSSR count). The van der Waals surface area contributed by atoms with Crippen molar-refractivity contribution in [3.8, 4) is 5.69 Å². The lowest BCUT2D eigenvalue weighted by Crippen LogP contribution is -2.38. The van der Waals surface area contributed by atoms with Gasteiger partial charge in [0.1, 0.15) is 5.69 Å². The molecule has 2 N–H and O–H groups in total. The van der Waals surface area contributed by atoms with Crippen molar-refractivity contribution in [3.63, 3.8) is 0 Å². The van der Waals surface area contributed by atoms with Crippen molar-refractivity contribution in [1.82, 2.24) is 20.4 Å². The number of hydrogen-bond donors (Lipinski definition) is 2. The number of carbonyl (C=O) groups excluding carboxylic acids is 2. The maximum absolute atomic E-state index is 12.3. The summed E-state index contributed by atoms with van der Waals surface area (Å²) in [5.41, 5.74) is -0.706. The number of aryl methyl sites for hydroxylation is 1. The Hall–Kier alpha value is -3.56. The first-order valence-electron chi connectivity index (χ1n) is 8.63. The van der Waals surface area contributed by atoms with E-state index in [-0.39, 0.29) is 42.0 Å². The summed E-state index contributed by atoms with van der Waals surface area (Å²) in [6.07, 6.45) is 0. The van der Waals surface area contributed by atoms with Crippen LogP contribution in [0.1, 0.15) is 30.0 Å². The Morgan fingerprint density at radius 1 is 1.21 bits per heavy atom. The number of nitrogens with one attached hydrogen (secondary N) is 2. The number of amides is 2. The largest absolute Gasteiger partial charge is 0.354 e. The van der Waals surface area contributed by atoms with Crippen molar-refractivity contribution in [3.05, 3.63) is 62.1 Å². The summed E-state index contributed by atoms with van der Waals surface area (Å²) >= 11 is 0. The first kappa shape index (κ1) is 20.7. The minimum absolute atomic E-state index is 0.109. The molecular formula is C18H21N5O5. The SMILES string of the molecule is Cc1cc(=O)c(C(=O)NCCNC(=O)C(C)C)nn1-c1ccccc1[N+](=O)[O-]. The van der Waals surface area contributed by atoms with E-state index < -0.39 is 16.3 Å². The molecule has 0 saturated carbocycles. The van der Waals surface area contributed by atoms with Crippen LogP contribution in [0.15, 0.2) is 35.1 Å². The van der Waals surface area contributed by atoms with E-state index in [9.17, 15) is 24.5 Å². The lowest BCUT2D eigenvalue weighted by Gasteiger charge is -2.12. The van der Waals surface area contributed by atoms with Crippen molar-refractivity contribution >= 4 is 17.5 Å². The van der Waals surface area contributed by atoms with Gasteiger partial charge in [-0.2, -0.15) is 5.10 Å². The fraction of sp³-hybridized carbons (Fsp3) is 0.333. The van der Waals surface area contributed by atoms with Crippen LogP contribution < -0.4 is 16.1 Å². The average Bonchev–Trinajstić information content (AvgIpc) is 2.64. The Balaban J connectivity index is 2.24. The average molecular weight is 387 g/mol. The molecule has 10 nitrogen and oxygen atoms in total. The van der Waals surface area contributed by atoms with Crippen LogP contribution in [-0.2, 0) is 4.79 Å². The summed E-state index contributed by atoms with van der Waals surface area (Å²) in [6.45, 7) is 5.36. The molecule has 0 spiro atoms. The van der Waals surface area contributed by atoms with Gasteiger partial charge in [0.05, 0.1) is 4.92 Å². The van der Waals surface area contributed by atoms with Gasteiger partial charge in [-0.05, 0) is 13.0 Å². The van der Waals surface area contributed by atoms with E-state index in [0.717, 1.165) is 0 Å². The zero-order valence-corrected chi connectivity index (χ0v) is 15.8. The summed E-state index contributed by atoms with van der Waals surface area (Å²) in [5, 5.41) is 20.4. The van der Waals surface area contributed by atoms with Gasteiger partial charge in [-0.1, -0.05) is 26.0 Å². The lowest BCUT2D eigenvalue weighted by atomic mass is 10.2. The molecule has 0 saturated heterocycles. The van der Waals surface area contributed by atoms with Gasteiger partial charge >= 0.3 is 0 Å². The summed E-state index contributed by atoms with van der Waals surface area (Å²) in [5.74, 6) is -1.05. The van der Waals surface area contributed by atoms with Gasteiger partial charge in [-0.25, -0.2) is 4.68 Å². The third-order valence-corrected chi connectivity index (χ3v) is 3.86. The number of rotatable bonds is 7. The Kier molecular flexibility index (Phi) is 6.59. The van der Waals surface area contributed by atoms with E-state index in [4.69, 9.17) is 0 Å². The highest BCUT2D eigenvalue weighted by molar-refractivity contribution is 5.92. The molecule has 0 aliphatic heterocycles. The topological polar surface area (TPSA) is 136 Å². The Labute approximate surface area is 160 Å². The minimum atomic E-state index is -0.726. The molecule has 0 radical (unpaired) electrons. The van der Waals surface area contributed by atoms with E-state index in [1.54, 1.807) is 26.8 Å². The van der Waals surface area contributed by atoms with Crippen molar-refractivity contribution in [2.75, 3.05) is 13.1 Å². The lowest BCUT2D eigenvalue weighted by molar-refractivity contribution is -0.384. The predicted octanol–water partition coefficient (Wildman–Crippen LogP) is 0.951. The molecule has 1 heterocycles. The summed E-state index contributed by atoms with van der Waals surface area (Å²) in [4.78, 5) is 46.7. The predicted molar refractivity (Wildman–Crippen MR) is 101 cm³/mol. The van der Waals surface area contributed by atoms with Crippen LogP contribution in [0.5, 0.6) is 0 Å². The molecule has 1 aromatic heterocycles. The van der Waals surface area contributed by atoms with Crippen molar-refractivity contribution in [2.45, 2.75) is 20.8 Å². The molecule has 0 atom stereocenters. The normalized spacial score (nSPS) is 10.6. The monoisotopic (exact) mass is 387 g/mol. The quantitative estimate of drug-likeness (QED) is 0.412. The van der Waals surface area contributed by atoms with Gasteiger partial charge in [-0.15, -0.1) is 0 Å². The van der Waals surface area contributed by atoms with E-state index in [1.807, 2.05) is 0 Å². The first-order valence-corrected chi connectivity index (χ1v) is 8.63. The molecule has 1 aromatic carbocycles. The fourth-order valence-corrected chi connectivity index (χ4v) is 2.40. The maximum Gasteiger partial charge on any atom is 0.294 e. The molecular weight excluding hydrogens is 366 g/mol. The van der Waals surface area contributed by atoms with E-state index in [0.29, 0.717) is 5.69 Å². The summed E-state index contributed by atoms with van der Waals surface area (Å²) in [6, 6.07) is 7.09. The third kappa shape index (κ3) is 4.78. The number of carbonyl (C=O) groups is 2. The van der Waals surface area contributed by atoms with Gasteiger partial charge in [-0.3, -0.25) is 24.5 Å². The molecule has 0 unspecified atom stereocenters. The van der Waals surface area contributed by atoms with Crippen molar-refractivity contribution < 1.29 is 14.5 Å². The molecule has 2 aromatic rings. The fourth-order valence-electron chi connectivity index (χ4n) is 2.40. The summed E-state index contributed by atoms with van der Waals surface area (Å²) < 4.78 is 1.19. The van der Waals surface area contributed by atoms with Gasteiger partial charge in [0.2, 0.25) is 11.3 Å². The second kappa shape index (κ2) is 8.89. The van der Waals surface area contributed by atoms with Crippen LogP contribution >= 0.6 is 0 Å². The van der Waals surface area contributed by atoms with Gasteiger partial charge < -0.3 is 10.6 Å². The molecule has 28 heavy (non-hydrogen) atoms. The number of benzene rings is 1. The standard InChI is InChI=1S/C18H21N5O5/c1-11(2)17(25)19-8-9-20-18(26)16-15(24)10-12(3)22(21-16)13-6-4-5-7-14(13)23(27)28/h4-7,10-11H,8-9H2,1-3H3,(H,19,25)(H,20,26). The van der Waals surface area contributed by atoms with Gasteiger partial charge in [0, 0.05) is 36.8 Å². The van der Waals surface area contributed by atoms with E-state index in [1.165, 1.54) is 28.9 Å². The molecule has 148 valence electrons. The van der Waals surface area contributed by atoms with Crippen molar-refractivity contribution in [1.29, 1.82) is 0 Å². The number of para-hydroxylation sites is 2. The number of nitrogens with zero attached hydrogens (tertiary/aromatic N) is 3. The maximum atomic E-state index is 12.3. The van der Waals surface area contributed by atoms with Crippen LogP contribution in [0.2, 0.25) is 0 Å². The highest BCUT2D eigenvalue weighted by atomic mass is 16.6. The van der Waals surface area contributed by atoms with Gasteiger partial charge in [0.15, 0.2) is 5.69 Å². The second-order valence-corrected chi connectivity index (χ2v) is 6.36. The van der Waals surface area contributed by atoms with Crippen LogP contribution in [0.4, 0.5) is 5.69 Å². The highest BCUT2D eigenvalue weighted by Crippen LogP contribution is 2.22. The summed E-state index contributed by atoms with van der Waals surface area (Å²) in [7, 11) is 0. The van der Waals surface area contributed by atoms with Crippen LogP contribution in [0.3, 0.4) is 0 Å². The van der Waals surface area contributed by atoms with E-state index in [2.05, 4.69) is 15.7 Å². The number of aromatic nitrogens is 2. The molecule has 0 aliphatic rings. The molecule has 0 fully saturated rings. The zero-order valence-electron chi connectivity index (χ0n) is 15.8. The Morgan fingerprint density at radius 2 is 1.86 bits per heavy atom. The highest BCUT2D eigenvalue weighted by Gasteiger charge is 2.20. The van der Waals surface area contributed by atoms with E-state index >= 15 is 0 Å². The third-order valence-electron chi connectivity index (χ3n) is 3.86. The molecule has 0 bridgehead atoms. The number of nitro groups is 1. The minimum Gasteiger partial charge on any atom is -0.354 e. The Bertz CT molecular complexity index is 967. The number of nitro benzene ring substituents is 1. The van der Waals surface area contributed by atoms with Crippen LogP contribution in [-0.4, -0.2) is 39.6 Å². The smallest absolute Gasteiger partial charge is 0.294 e. The zero-order chi connectivity index (χ0) is 20.8. The Morgan fingerprint density at radius 3 is 2.50 bits per heavy atom. The van der Waals surface area contributed by atoms with Gasteiger partial charge in [0.25, 0.3) is 11.6 Å². The number of hydrogen-bond acceptors (Lipinski definition) is 6. The molecule has 2 amide bonds.